The number of amides is 2. The highest BCUT2D eigenvalue weighted by atomic mass is 16.2. The van der Waals surface area contributed by atoms with Crippen LogP contribution in [0.4, 0.5) is 0 Å². The smallest absolute Gasteiger partial charge is 0.230 e. The van der Waals surface area contributed by atoms with Crippen LogP contribution in [0.25, 0.3) is 0 Å². The first kappa shape index (κ1) is 17.1. The van der Waals surface area contributed by atoms with E-state index in [1.54, 1.807) is 6.20 Å². The molecule has 1 aromatic heterocycles. The van der Waals surface area contributed by atoms with Gasteiger partial charge in [0, 0.05) is 37.3 Å². The van der Waals surface area contributed by atoms with Gasteiger partial charge in [0.05, 0.1) is 5.92 Å². The summed E-state index contributed by atoms with van der Waals surface area (Å²) in [4.78, 5) is 30.7. The fraction of sp³-hybridized carbons (Fsp3) is 0.350. The molecule has 1 unspecified atom stereocenters. The number of hydrogen-bond acceptors (Lipinski definition) is 3. The van der Waals surface area contributed by atoms with E-state index in [9.17, 15) is 9.59 Å². The van der Waals surface area contributed by atoms with Crippen molar-refractivity contribution in [2.75, 3.05) is 13.1 Å². The van der Waals surface area contributed by atoms with Gasteiger partial charge < -0.3 is 10.6 Å². The van der Waals surface area contributed by atoms with E-state index >= 15 is 0 Å². The van der Waals surface area contributed by atoms with Gasteiger partial charge in [0.2, 0.25) is 11.8 Å². The largest absolute Gasteiger partial charge is 0.369 e. The molecule has 1 aliphatic heterocycles. The molecule has 0 aliphatic carbocycles. The molecule has 1 fully saturated rings. The normalized spacial score (nSPS) is 16.4. The van der Waals surface area contributed by atoms with Crippen molar-refractivity contribution in [2.24, 2.45) is 11.7 Å². The van der Waals surface area contributed by atoms with Crippen molar-refractivity contribution >= 4 is 11.8 Å². The number of pyridine rings is 1. The Balaban J connectivity index is 1.77. The van der Waals surface area contributed by atoms with Gasteiger partial charge in [-0.25, -0.2) is 0 Å². The van der Waals surface area contributed by atoms with Crippen LogP contribution in [0.1, 0.15) is 30.0 Å². The number of benzene rings is 1. The second-order valence-corrected chi connectivity index (χ2v) is 6.49. The predicted molar refractivity (Wildman–Crippen MR) is 95.6 cm³/mol. The molecular formula is C20H23N3O2. The monoisotopic (exact) mass is 337 g/mol. The van der Waals surface area contributed by atoms with E-state index in [0.29, 0.717) is 32.4 Å². The molecule has 5 nitrogen and oxygen atoms in total. The Morgan fingerprint density at radius 1 is 1.08 bits per heavy atom. The molecular weight excluding hydrogens is 314 g/mol. The Labute approximate surface area is 147 Å². The third-order valence-electron chi connectivity index (χ3n) is 4.85. The second kappa shape index (κ2) is 7.92. The number of primary amides is 1. The number of carbonyl (C=O) groups is 2. The molecule has 0 bridgehead atoms. The maximum Gasteiger partial charge on any atom is 0.230 e. The molecule has 2 aromatic rings. The SMILES string of the molecule is NC(=O)C1CCN(C(=O)C(Cc2ccccn2)c2ccccc2)CC1. The van der Waals surface area contributed by atoms with E-state index in [4.69, 9.17) is 5.73 Å². The van der Waals surface area contributed by atoms with Gasteiger partial charge in [0.25, 0.3) is 0 Å². The third kappa shape index (κ3) is 4.24. The lowest BCUT2D eigenvalue weighted by atomic mass is 9.90. The summed E-state index contributed by atoms with van der Waals surface area (Å²) >= 11 is 0. The number of aromatic nitrogens is 1. The number of nitrogens with zero attached hydrogens (tertiary/aromatic N) is 2. The van der Waals surface area contributed by atoms with Gasteiger partial charge in [-0.1, -0.05) is 36.4 Å². The molecule has 1 aromatic carbocycles. The standard InChI is InChI=1S/C20H23N3O2/c21-19(24)16-9-12-23(13-10-16)20(25)18(15-6-2-1-3-7-15)14-17-8-4-5-11-22-17/h1-8,11,16,18H,9-10,12-14H2,(H2,21,24). The highest BCUT2D eigenvalue weighted by molar-refractivity contribution is 5.84. The van der Waals surface area contributed by atoms with Gasteiger partial charge in [-0.15, -0.1) is 0 Å². The molecule has 1 saturated heterocycles. The molecule has 2 amide bonds. The van der Waals surface area contributed by atoms with Crippen LogP contribution in [-0.4, -0.2) is 34.8 Å². The minimum Gasteiger partial charge on any atom is -0.369 e. The van der Waals surface area contributed by atoms with E-state index in [1.807, 2.05) is 53.4 Å². The number of rotatable bonds is 5. The van der Waals surface area contributed by atoms with Crippen molar-refractivity contribution in [2.45, 2.75) is 25.2 Å². The fourth-order valence-electron chi connectivity index (χ4n) is 3.37. The molecule has 3 rings (SSSR count). The lowest BCUT2D eigenvalue weighted by Crippen LogP contribution is -2.44. The molecule has 130 valence electrons. The van der Waals surface area contributed by atoms with Crippen LogP contribution in [-0.2, 0) is 16.0 Å². The Hall–Kier alpha value is -2.69. The molecule has 25 heavy (non-hydrogen) atoms. The quantitative estimate of drug-likeness (QED) is 0.908. The van der Waals surface area contributed by atoms with Gasteiger partial charge in [-0.2, -0.15) is 0 Å². The number of hydrogen-bond donors (Lipinski definition) is 1. The highest BCUT2D eigenvalue weighted by Gasteiger charge is 2.31. The molecule has 5 heteroatoms. The zero-order valence-electron chi connectivity index (χ0n) is 14.2. The van der Waals surface area contributed by atoms with Crippen molar-refractivity contribution in [1.29, 1.82) is 0 Å². The van der Waals surface area contributed by atoms with Gasteiger partial charge in [-0.05, 0) is 30.5 Å². The second-order valence-electron chi connectivity index (χ2n) is 6.49. The van der Waals surface area contributed by atoms with Crippen molar-refractivity contribution in [1.82, 2.24) is 9.88 Å². The Kier molecular flexibility index (Phi) is 5.43. The van der Waals surface area contributed by atoms with Gasteiger partial charge in [0.1, 0.15) is 0 Å². The molecule has 2 N–H and O–H groups in total. The van der Waals surface area contributed by atoms with E-state index in [2.05, 4.69) is 4.98 Å². The lowest BCUT2D eigenvalue weighted by molar-refractivity contribution is -0.136. The summed E-state index contributed by atoms with van der Waals surface area (Å²) in [5, 5.41) is 0. The summed E-state index contributed by atoms with van der Waals surface area (Å²) < 4.78 is 0. The number of piperidine rings is 1. The first-order valence-electron chi connectivity index (χ1n) is 8.68. The van der Waals surface area contributed by atoms with Gasteiger partial charge in [-0.3, -0.25) is 14.6 Å². The molecule has 0 saturated carbocycles. The van der Waals surface area contributed by atoms with Crippen molar-refractivity contribution in [3.8, 4) is 0 Å². The maximum absolute atomic E-state index is 13.2. The molecule has 0 radical (unpaired) electrons. The van der Waals surface area contributed by atoms with Crippen LogP contribution in [0.5, 0.6) is 0 Å². The summed E-state index contributed by atoms with van der Waals surface area (Å²) in [6.45, 7) is 1.16. The molecule has 0 spiro atoms. The van der Waals surface area contributed by atoms with E-state index < -0.39 is 0 Å². The summed E-state index contributed by atoms with van der Waals surface area (Å²) in [5.74, 6) is -0.545. The molecule has 2 heterocycles. The van der Waals surface area contributed by atoms with Crippen molar-refractivity contribution in [3.63, 3.8) is 0 Å². The average Bonchev–Trinajstić information content (AvgIpc) is 2.67. The van der Waals surface area contributed by atoms with Gasteiger partial charge in [0.15, 0.2) is 0 Å². The number of carbonyl (C=O) groups excluding carboxylic acids is 2. The highest BCUT2D eigenvalue weighted by Crippen LogP contribution is 2.26. The minimum atomic E-state index is -0.264. The zero-order chi connectivity index (χ0) is 17.6. The van der Waals surface area contributed by atoms with Crippen molar-refractivity contribution < 1.29 is 9.59 Å². The van der Waals surface area contributed by atoms with Crippen LogP contribution in [0, 0.1) is 5.92 Å². The Bertz CT molecular complexity index is 710. The predicted octanol–water partition coefficient (Wildman–Crippen LogP) is 2.13. The van der Waals surface area contributed by atoms with Crippen molar-refractivity contribution in [3.05, 3.63) is 66.0 Å². The zero-order valence-corrected chi connectivity index (χ0v) is 14.2. The van der Waals surface area contributed by atoms with Crippen LogP contribution < -0.4 is 5.73 Å². The fourth-order valence-corrected chi connectivity index (χ4v) is 3.37. The first-order chi connectivity index (χ1) is 12.1. The summed E-state index contributed by atoms with van der Waals surface area (Å²) in [5.41, 5.74) is 7.29. The third-order valence-corrected chi connectivity index (χ3v) is 4.85. The minimum absolute atomic E-state index is 0.0970. The number of nitrogens with two attached hydrogens (primary N) is 1. The molecule has 1 atom stereocenters. The van der Waals surface area contributed by atoms with E-state index in [0.717, 1.165) is 11.3 Å². The van der Waals surface area contributed by atoms with Crippen LogP contribution in [0.2, 0.25) is 0 Å². The van der Waals surface area contributed by atoms with E-state index in [1.165, 1.54) is 0 Å². The summed E-state index contributed by atoms with van der Waals surface area (Å²) in [7, 11) is 0. The lowest BCUT2D eigenvalue weighted by Gasteiger charge is -2.33. The summed E-state index contributed by atoms with van der Waals surface area (Å²) in [6, 6.07) is 15.6. The first-order valence-corrected chi connectivity index (χ1v) is 8.68. The Morgan fingerprint density at radius 3 is 2.36 bits per heavy atom. The van der Waals surface area contributed by atoms with Gasteiger partial charge >= 0.3 is 0 Å². The van der Waals surface area contributed by atoms with Crippen LogP contribution in [0.3, 0.4) is 0 Å². The number of likely N-dealkylation sites (tertiary alicyclic amines) is 1. The van der Waals surface area contributed by atoms with Crippen LogP contribution in [0.15, 0.2) is 54.7 Å². The Morgan fingerprint density at radius 2 is 1.76 bits per heavy atom. The summed E-state index contributed by atoms with van der Waals surface area (Å²) in [6.07, 6.45) is 3.61. The van der Waals surface area contributed by atoms with E-state index in [-0.39, 0.29) is 23.7 Å². The topological polar surface area (TPSA) is 76.3 Å². The average molecular weight is 337 g/mol. The maximum atomic E-state index is 13.2. The molecule has 1 aliphatic rings. The van der Waals surface area contributed by atoms with Crippen LogP contribution >= 0.6 is 0 Å².